The fraction of sp³-hybridized carbons (Fsp3) is 0.167. The molecule has 0 atom stereocenters. The third-order valence-corrected chi connectivity index (χ3v) is 3.76. The van der Waals surface area contributed by atoms with Gasteiger partial charge in [0.05, 0.1) is 11.4 Å². The van der Waals surface area contributed by atoms with Gasteiger partial charge in [-0.2, -0.15) is 18.3 Å². The normalized spacial score (nSPS) is 11.2. The fourth-order valence-corrected chi connectivity index (χ4v) is 2.42. The Kier molecular flexibility index (Phi) is 5.55. The number of rotatable bonds is 3. The van der Waals surface area contributed by atoms with Gasteiger partial charge in [-0.15, -0.1) is 12.4 Å². The summed E-state index contributed by atoms with van der Waals surface area (Å²) in [6.07, 6.45) is -4.50. The second-order valence-electron chi connectivity index (χ2n) is 5.56. The van der Waals surface area contributed by atoms with E-state index < -0.39 is 11.9 Å². The van der Waals surface area contributed by atoms with Crippen LogP contribution in [0.3, 0.4) is 0 Å². The minimum Gasteiger partial charge on any atom is -0.326 e. The second kappa shape index (κ2) is 7.29. The molecule has 3 aromatic rings. The van der Waals surface area contributed by atoms with Gasteiger partial charge in [0, 0.05) is 12.1 Å². The summed E-state index contributed by atoms with van der Waals surface area (Å²) in [6, 6.07) is 15.4. The zero-order valence-corrected chi connectivity index (χ0v) is 14.2. The molecule has 0 aliphatic rings. The van der Waals surface area contributed by atoms with E-state index in [1.165, 1.54) is 4.68 Å². The lowest BCUT2D eigenvalue weighted by Gasteiger charge is -2.08. The summed E-state index contributed by atoms with van der Waals surface area (Å²) >= 11 is 0. The number of nitrogens with two attached hydrogens (primary N) is 1. The highest BCUT2D eigenvalue weighted by Crippen LogP contribution is 2.33. The van der Waals surface area contributed by atoms with Crippen LogP contribution in [0.25, 0.3) is 16.9 Å². The maximum absolute atomic E-state index is 13.1. The molecule has 1 heterocycles. The Morgan fingerprint density at radius 2 is 1.60 bits per heavy atom. The van der Waals surface area contributed by atoms with Crippen LogP contribution in [0, 0.1) is 6.92 Å². The maximum atomic E-state index is 13.1. The predicted octanol–water partition coefficient (Wildman–Crippen LogP) is 4.75. The number of hydrogen-bond acceptors (Lipinski definition) is 2. The highest BCUT2D eigenvalue weighted by molar-refractivity contribution is 5.85. The van der Waals surface area contributed by atoms with Gasteiger partial charge in [0.2, 0.25) is 0 Å². The van der Waals surface area contributed by atoms with Crippen LogP contribution in [0.4, 0.5) is 13.2 Å². The molecule has 2 N–H and O–H groups in total. The molecule has 1 aromatic heterocycles. The molecule has 3 nitrogen and oxygen atoms in total. The first-order valence-electron chi connectivity index (χ1n) is 7.42. The van der Waals surface area contributed by atoms with Gasteiger partial charge < -0.3 is 5.73 Å². The number of benzene rings is 2. The topological polar surface area (TPSA) is 43.8 Å². The second-order valence-corrected chi connectivity index (χ2v) is 5.56. The first-order chi connectivity index (χ1) is 11.4. The average molecular weight is 368 g/mol. The first kappa shape index (κ1) is 19.0. The van der Waals surface area contributed by atoms with Crippen LogP contribution in [0.5, 0.6) is 0 Å². The molecule has 0 spiro atoms. The van der Waals surface area contributed by atoms with Crippen LogP contribution < -0.4 is 5.73 Å². The molecule has 3 rings (SSSR count). The predicted molar refractivity (Wildman–Crippen MR) is 93.9 cm³/mol. The highest BCUT2D eigenvalue weighted by Gasteiger charge is 2.35. The molecular formula is C18H17ClF3N3. The third kappa shape index (κ3) is 4.03. The molecule has 0 bridgehead atoms. The Morgan fingerprint density at radius 3 is 2.12 bits per heavy atom. The summed E-state index contributed by atoms with van der Waals surface area (Å²) in [6.45, 7) is 2.30. The molecule has 0 saturated heterocycles. The van der Waals surface area contributed by atoms with Crippen molar-refractivity contribution in [3.05, 3.63) is 71.4 Å². The van der Waals surface area contributed by atoms with Crippen molar-refractivity contribution in [1.82, 2.24) is 9.78 Å². The summed E-state index contributed by atoms with van der Waals surface area (Å²) in [5.74, 6) is 0. The molecule has 0 fully saturated rings. The standard InChI is InChI=1S/C18H16F3N3.ClH/c1-12-2-8-15(9-3-12)24-16(10-17(23-24)18(19,20)21)14-6-4-13(11-22)5-7-14;/h2-10H,11,22H2,1H3;1H. The highest BCUT2D eigenvalue weighted by atomic mass is 35.5. The molecule has 0 saturated carbocycles. The van der Waals surface area contributed by atoms with E-state index >= 15 is 0 Å². The van der Waals surface area contributed by atoms with Gasteiger partial charge in [0.1, 0.15) is 0 Å². The van der Waals surface area contributed by atoms with Crippen LogP contribution in [0.15, 0.2) is 54.6 Å². The number of aryl methyl sites for hydroxylation is 1. The van der Waals surface area contributed by atoms with Gasteiger partial charge in [0.15, 0.2) is 5.69 Å². The van der Waals surface area contributed by atoms with E-state index in [1.807, 2.05) is 19.1 Å². The van der Waals surface area contributed by atoms with Crippen molar-refractivity contribution in [3.8, 4) is 16.9 Å². The Labute approximate surface area is 149 Å². The van der Waals surface area contributed by atoms with E-state index in [4.69, 9.17) is 5.73 Å². The van der Waals surface area contributed by atoms with Crippen LogP contribution >= 0.6 is 12.4 Å². The van der Waals surface area contributed by atoms with Crippen molar-refractivity contribution in [2.45, 2.75) is 19.6 Å². The SMILES string of the molecule is Cc1ccc(-n2nc(C(F)(F)F)cc2-c2ccc(CN)cc2)cc1.Cl. The van der Waals surface area contributed by atoms with Crippen LogP contribution in [-0.2, 0) is 12.7 Å². The van der Waals surface area contributed by atoms with E-state index in [2.05, 4.69) is 5.10 Å². The number of alkyl halides is 3. The minimum absolute atomic E-state index is 0. The largest absolute Gasteiger partial charge is 0.435 e. The quantitative estimate of drug-likeness (QED) is 0.726. The van der Waals surface area contributed by atoms with Crippen molar-refractivity contribution in [2.75, 3.05) is 0 Å². The van der Waals surface area contributed by atoms with Crippen LogP contribution in [0.1, 0.15) is 16.8 Å². The lowest BCUT2D eigenvalue weighted by Crippen LogP contribution is -2.07. The van der Waals surface area contributed by atoms with Crippen LogP contribution in [0.2, 0.25) is 0 Å². The van der Waals surface area contributed by atoms with Crippen molar-refractivity contribution in [2.24, 2.45) is 5.73 Å². The third-order valence-electron chi connectivity index (χ3n) is 3.76. The summed E-state index contributed by atoms with van der Waals surface area (Å²) in [4.78, 5) is 0. The van der Waals surface area contributed by atoms with Crippen molar-refractivity contribution < 1.29 is 13.2 Å². The smallest absolute Gasteiger partial charge is 0.326 e. The Balaban J connectivity index is 0.00000225. The summed E-state index contributed by atoms with van der Waals surface area (Å²) < 4.78 is 40.6. The van der Waals surface area contributed by atoms with E-state index in [0.29, 0.717) is 23.5 Å². The average Bonchev–Trinajstić information content (AvgIpc) is 3.01. The molecule has 7 heteroatoms. The van der Waals surface area contributed by atoms with Crippen molar-refractivity contribution in [1.29, 1.82) is 0 Å². The molecule has 0 radical (unpaired) electrons. The summed E-state index contributed by atoms with van der Waals surface area (Å²) in [5, 5.41) is 3.77. The molecule has 2 aromatic carbocycles. The summed E-state index contributed by atoms with van der Waals surface area (Å²) in [7, 11) is 0. The van der Waals surface area contributed by atoms with Gasteiger partial charge in [0.25, 0.3) is 0 Å². The lowest BCUT2D eigenvalue weighted by molar-refractivity contribution is -0.141. The zero-order valence-electron chi connectivity index (χ0n) is 13.4. The Morgan fingerprint density at radius 1 is 1.00 bits per heavy atom. The van der Waals surface area contributed by atoms with E-state index in [0.717, 1.165) is 17.2 Å². The lowest BCUT2D eigenvalue weighted by atomic mass is 10.1. The maximum Gasteiger partial charge on any atom is 0.435 e. The zero-order chi connectivity index (χ0) is 17.3. The molecule has 0 unspecified atom stereocenters. The van der Waals surface area contributed by atoms with Crippen molar-refractivity contribution >= 4 is 12.4 Å². The van der Waals surface area contributed by atoms with Gasteiger partial charge in [-0.3, -0.25) is 0 Å². The van der Waals surface area contributed by atoms with Crippen molar-refractivity contribution in [3.63, 3.8) is 0 Å². The van der Waals surface area contributed by atoms with E-state index in [1.54, 1.807) is 36.4 Å². The fourth-order valence-electron chi connectivity index (χ4n) is 2.42. The van der Waals surface area contributed by atoms with Gasteiger partial charge >= 0.3 is 6.18 Å². The molecule has 25 heavy (non-hydrogen) atoms. The van der Waals surface area contributed by atoms with Gasteiger partial charge in [-0.25, -0.2) is 4.68 Å². The molecule has 0 aliphatic heterocycles. The van der Waals surface area contributed by atoms with E-state index in [-0.39, 0.29) is 12.4 Å². The van der Waals surface area contributed by atoms with Gasteiger partial charge in [-0.1, -0.05) is 42.0 Å². The number of nitrogens with zero attached hydrogens (tertiary/aromatic N) is 2. The van der Waals surface area contributed by atoms with Gasteiger partial charge in [-0.05, 0) is 30.7 Å². The number of hydrogen-bond donors (Lipinski definition) is 1. The molecule has 132 valence electrons. The molecule has 0 amide bonds. The number of aromatic nitrogens is 2. The minimum atomic E-state index is -4.50. The monoisotopic (exact) mass is 367 g/mol. The summed E-state index contributed by atoms with van der Waals surface area (Å²) in [5.41, 5.74) is 8.20. The molecule has 0 aliphatic carbocycles. The van der Waals surface area contributed by atoms with E-state index in [9.17, 15) is 13.2 Å². The van der Waals surface area contributed by atoms with Crippen LogP contribution in [-0.4, -0.2) is 9.78 Å². The Bertz CT molecular complexity index is 837. The number of halogens is 4. The first-order valence-corrected chi connectivity index (χ1v) is 7.42. The Hall–Kier alpha value is -2.31. The molecular weight excluding hydrogens is 351 g/mol.